The van der Waals surface area contributed by atoms with Gasteiger partial charge >= 0.3 is 6.09 Å². The van der Waals surface area contributed by atoms with Crippen LogP contribution in [0.2, 0.25) is 0 Å². The Morgan fingerprint density at radius 2 is 1.85 bits per heavy atom. The molecule has 2 aliphatic rings. The van der Waals surface area contributed by atoms with E-state index in [0.717, 1.165) is 36.9 Å². The lowest BCUT2D eigenvalue weighted by Crippen LogP contribution is -2.41. The van der Waals surface area contributed by atoms with Crippen LogP contribution < -0.4 is 4.74 Å². The fourth-order valence-electron chi connectivity index (χ4n) is 3.94. The van der Waals surface area contributed by atoms with Gasteiger partial charge in [-0.15, -0.1) is 0 Å². The molecule has 33 heavy (non-hydrogen) atoms. The van der Waals surface area contributed by atoms with Crippen molar-refractivity contribution < 1.29 is 14.3 Å². The summed E-state index contributed by atoms with van der Waals surface area (Å²) in [5.74, 6) is 0.679. The van der Waals surface area contributed by atoms with Crippen LogP contribution in [0.1, 0.15) is 49.9 Å². The highest BCUT2D eigenvalue weighted by Crippen LogP contribution is 2.39. The van der Waals surface area contributed by atoms with Gasteiger partial charge < -0.3 is 14.4 Å². The molecule has 0 N–H and O–H groups in total. The van der Waals surface area contributed by atoms with Gasteiger partial charge in [0.1, 0.15) is 29.7 Å². The number of benzene rings is 1. The number of hydrogen-bond acceptors (Lipinski definition) is 7. The molecule has 0 bridgehead atoms. The number of rotatable bonds is 6. The van der Waals surface area contributed by atoms with Crippen molar-refractivity contribution in [3.63, 3.8) is 0 Å². The summed E-state index contributed by atoms with van der Waals surface area (Å²) in [6, 6.07) is 9.75. The van der Waals surface area contributed by atoms with Gasteiger partial charge in [0.15, 0.2) is 0 Å². The van der Waals surface area contributed by atoms with E-state index in [1.165, 1.54) is 4.80 Å². The number of amides is 1. The Balaban J connectivity index is 1.18. The summed E-state index contributed by atoms with van der Waals surface area (Å²) in [6.07, 6.45) is 8.02. The second kappa shape index (κ2) is 8.58. The van der Waals surface area contributed by atoms with Crippen molar-refractivity contribution in [3.05, 3.63) is 54.1 Å². The van der Waals surface area contributed by atoms with Gasteiger partial charge in [-0.05, 0) is 56.9 Å². The molecule has 1 aliphatic heterocycles. The van der Waals surface area contributed by atoms with E-state index < -0.39 is 0 Å². The minimum absolute atomic E-state index is 0.0646. The first-order valence-corrected chi connectivity index (χ1v) is 11.1. The molecule has 3 aromatic rings. The van der Waals surface area contributed by atoms with Crippen LogP contribution >= 0.6 is 0 Å². The monoisotopic (exact) mass is 447 g/mol. The number of ether oxygens (including phenoxy) is 2. The van der Waals surface area contributed by atoms with E-state index >= 15 is 0 Å². The number of piperidine rings is 1. The standard InChI is InChI=1S/C23H25N7O3/c1-23(8-9-23)33-22(31)28-12-6-18(7-13-28)29-21(14-24)17(15-27-29)16-32-20-4-2-19(3-5-20)30-25-10-11-26-30/h2-5,10-11,15,18H,6-9,12-13,16H2,1H3. The Morgan fingerprint density at radius 3 is 2.48 bits per heavy atom. The minimum Gasteiger partial charge on any atom is -0.489 e. The van der Waals surface area contributed by atoms with Gasteiger partial charge in [-0.1, -0.05) is 0 Å². The zero-order chi connectivity index (χ0) is 22.8. The topological polar surface area (TPSA) is 111 Å². The van der Waals surface area contributed by atoms with Gasteiger partial charge in [-0.3, -0.25) is 4.68 Å². The lowest BCUT2D eigenvalue weighted by molar-refractivity contribution is 0.0489. The van der Waals surface area contributed by atoms with Gasteiger partial charge in [0.2, 0.25) is 0 Å². The van der Waals surface area contributed by atoms with Gasteiger partial charge in [-0.2, -0.15) is 25.4 Å². The molecule has 0 unspecified atom stereocenters. The summed E-state index contributed by atoms with van der Waals surface area (Å²) < 4.78 is 13.2. The van der Waals surface area contributed by atoms with Crippen LogP contribution in [0.15, 0.2) is 42.9 Å². The van der Waals surface area contributed by atoms with Crippen LogP contribution in [0.5, 0.6) is 5.75 Å². The summed E-state index contributed by atoms with van der Waals surface area (Å²) in [6.45, 7) is 3.39. The largest absolute Gasteiger partial charge is 0.489 e. The zero-order valence-electron chi connectivity index (χ0n) is 18.4. The van der Waals surface area contributed by atoms with E-state index in [9.17, 15) is 10.1 Å². The molecule has 1 aliphatic carbocycles. The van der Waals surface area contributed by atoms with Crippen LogP contribution in [0.3, 0.4) is 0 Å². The summed E-state index contributed by atoms with van der Waals surface area (Å²) >= 11 is 0. The maximum Gasteiger partial charge on any atom is 0.410 e. The van der Waals surface area contributed by atoms with Crippen LogP contribution in [0.4, 0.5) is 4.79 Å². The predicted octanol–water partition coefficient (Wildman–Crippen LogP) is 3.24. The van der Waals surface area contributed by atoms with Crippen LogP contribution in [-0.2, 0) is 11.3 Å². The molecule has 1 aromatic carbocycles. The summed E-state index contributed by atoms with van der Waals surface area (Å²) in [4.78, 5) is 15.6. The van der Waals surface area contributed by atoms with Crippen LogP contribution in [-0.4, -0.2) is 54.5 Å². The molecule has 0 spiro atoms. The van der Waals surface area contributed by atoms with Crippen molar-refractivity contribution in [3.8, 4) is 17.5 Å². The number of nitrogens with zero attached hydrogens (tertiary/aromatic N) is 7. The van der Waals surface area contributed by atoms with Gasteiger partial charge in [0, 0.05) is 18.7 Å². The third kappa shape index (κ3) is 4.53. The second-order valence-electron chi connectivity index (χ2n) is 8.71. The third-order valence-electron chi connectivity index (χ3n) is 6.21. The highest BCUT2D eigenvalue weighted by molar-refractivity contribution is 5.68. The molecule has 0 atom stereocenters. The first-order valence-electron chi connectivity index (χ1n) is 11.1. The quantitative estimate of drug-likeness (QED) is 0.570. The van der Waals surface area contributed by atoms with Crippen LogP contribution in [0, 0.1) is 11.3 Å². The van der Waals surface area contributed by atoms with Gasteiger partial charge in [-0.25, -0.2) is 4.79 Å². The first-order chi connectivity index (χ1) is 16.0. The van der Waals surface area contributed by atoms with Crippen molar-refractivity contribution in [1.82, 2.24) is 29.7 Å². The highest BCUT2D eigenvalue weighted by Gasteiger charge is 2.43. The zero-order valence-corrected chi connectivity index (χ0v) is 18.4. The Morgan fingerprint density at radius 1 is 1.15 bits per heavy atom. The van der Waals surface area contributed by atoms with E-state index in [2.05, 4.69) is 21.4 Å². The van der Waals surface area contributed by atoms with Crippen LogP contribution in [0.25, 0.3) is 5.69 Å². The Hall–Kier alpha value is -3.87. The lowest BCUT2D eigenvalue weighted by atomic mass is 10.1. The fourth-order valence-corrected chi connectivity index (χ4v) is 3.94. The van der Waals surface area contributed by atoms with Crippen molar-refractivity contribution >= 4 is 6.09 Å². The van der Waals surface area contributed by atoms with Crippen molar-refractivity contribution in [2.24, 2.45) is 0 Å². The Kier molecular flexibility index (Phi) is 5.46. The minimum atomic E-state index is -0.269. The highest BCUT2D eigenvalue weighted by atomic mass is 16.6. The first kappa shape index (κ1) is 21.0. The number of carbonyl (C=O) groups excluding carboxylic acids is 1. The lowest BCUT2D eigenvalue weighted by Gasteiger charge is -2.32. The number of carbonyl (C=O) groups is 1. The molecule has 1 amide bonds. The Labute approximate surface area is 191 Å². The SMILES string of the molecule is CC1(OC(=O)N2CCC(n3ncc(COc4ccc(-n5nccn5)cc4)c3C#N)CC2)CC1. The molecule has 1 saturated carbocycles. The van der Waals surface area contributed by atoms with Gasteiger partial charge in [0.25, 0.3) is 0 Å². The fraction of sp³-hybridized carbons (Fsp3) is 0.435. The van der Waals surface area contributed by atoms with Crippen molar-refractivity contribution in [1.29, 1.82) is 5.26 Å². The summed E-state index contributed by atoms with van der Waals surface area (Å²) in [7, 11) is 0. The van der Waals surface area contributed by atoms with Gasteiger partial charge in [0.05, 0.1) is 30.3 Å². The maximum atomic E-state index is 12.3. The molecule has 10 nitrogen and oxygen atoms in total. The maximum absolute atomic E-state index is 12.3. The molecule has 5 rings (SSSR count). The number of likely N-dealkylation sites (tertiary alicyclic amines) is 1. The Bertz CT molecular complexity index is 1150. The molecule has 2 fully saturated rings. The molecule has 1 saturated heterocycles. The second-order valence-corrected chi connectivity index (χ2v) is 8.71. The van der Waals surface area contributed by atoms with E-state index in [4.69, 9.17) is 9.47 Å². The summed E-state index contributed by atoms with van der Waals surface area (Å²) in [5, 5.41) is 22.4. The van der Waals surface area contributed by atoms with E-state index in [-0.39, 0.29) is 24.3 Å². The molecule has 170 valence electrons. The average Bonchev–Trinajstić information content (AvgIpc) is 3.23. The third-order valence-corrected chi connectivity index (χ3v) is 6.21. The van der Waals surface area contributed by atoms with Crippen molar-refractivity contribution in [2.75, 3.05) is 13.1 Å². The average molecular weight is 447 g/mol. The predicted molar refractivity (Wildman–Crippen MR) is 117 cm³/mol. The molecule has 0 radical (unpaired) electrons. The summed E-state index contributed by atoms with van der Waals surface area (Å²) in [5.41, 5.74) is 1.80. The molecule has 10 heteroatoms. The smallest absolute Gasteiger partial charge is 0.410 e. The normalized spacial score (nSPS) is 17.4. The van der Waals surface area contributed by atoms with E-state index in [0.29, 0.717) is 24.5 Å². The number of aromatic nitrogens is 5. The van der Waals surface area contributed by atoms with E-state index in [1.54, 1.807) is 28.2 Å². The van der Waals surface area contributed by atoms with Crippen molar-refractivity contribution in [2.45, 2.75) is 50.9 Å². The molecule has 2 aromatic heterocycles. The molecular weight excluding hydrogens is 422 g/mol. The molecule has 3 heterocycles. The number of nitriles is 1. The number of hydrogen-bond donors (Lipinski definition) is 0. The molecular formula is C23H25N7O3. The van der Waals surface area contributed by atoms with E-state index in [1.807, 2.05) is 31.2 Å².